The van der Waals surface area contributed by atoms with Gasteiger partial charge in [-0.15, -0.1) is 0 Å². The number of thiazole rings is 1. The van der Waals surface area contributed by atoms with Crippen molar-refractivity contribution < 1.29 is 32.5 Å². The van der Waals surface area contributed by atoms with Crippen LogP contribution in [0.5, 0.6) is 0 Å². The van der Waals surface area contributed by atoms with E-state index in [0.29, 0.717) is 15.5 Å². The summed E-state index contributed by atoms with van der Waals surface area (Å²) in [4.78, 5) is 67.7. The maximum absolute atomic E-state index is 14.0. The molecule has 3 aromatic carbocycles. The van der Waals surface area contributed by atoms with Gasteiger partial charge in [0, 0.05) is 48.4 Å². The van der Waals surface area contributed by atoms with E-state index in [1.54, 1.807) is 12.1 Å². The first-order valence-corrected chi connectivity index (χ1v) is 15.7. The van der Waals surface area contributed by atoms with Gasteiger partial charge in [0.15, 0.2) is 0 Å². The molecule has 6 rings (SSSR count). The van der Waals surface area contributed by atoms with Crippen molar-refractivity contribution >= 4 is 63.6 Å². The first kappa shape index (κ1) is 32.0. The molecule has 3 amide bonds. The van der Waals surface area contributed by atoms with Gasteiger partial charge in [0.1, 0.15) is 11.8 Å². The summed E-state index contributed by atoms with van der Waals surface area (Å²) in [5, 5.41) is 12.9. The molecule has 3 atom stereocenters. The number of benzene rings is 3. The van der Waals surface area contributed by atoms with Crippen LogP contribution in [0.2, 0.25) is 0 Å². The van der Waals surface area contributed by atoms with Crippen LogP contribution in [0.25, 0.3) is 0 Å². The number of carbonyl (C=O) groups is 3. The number of non-ortho nitro benzene ring substituents is 1. The third-order valence-electron chi connectivity index (χ3n) is 7.91. The van der Waals surface area contributed by atoms with Gasteiger partial charge < -0.3 is 10.2 Å². The second-order valence-corrected chi connectivity index (χ2v) is 13.2. The van der Waals surface area contributed by atoms with Crippen LogP contribution in [0.3, 0.4) is 0 Å². The predicted octanol–water partition coefficient (Wildman–Crippen LogP) is 5.34. The van der Waals surface area contributed by atoms with Crippen molar-refractivity contribution in [2.45, 2.75) is 28.9 Å². The number of thioether (sulfide) groups is 1. The third-order valence-corrected chi connectivity index (χ3v) is 10.5. The van der Waals surface area contributed by atoms with E-state index in [1.165, 1.54) is 30.3 Å². The number of fused-ring (bicyclic) bond motifs is 2. The Kier molecular flexibility index (Phi) is 8.17. The van der Waals surface area contributed by atoms with Crippen LogP contribution in [0.4, 0.5) is 35.9 Å². The number of halogens is 3. The fourth-order valence-corrected chi connectivity index (χ4v) is 8.46. The van der Waals surface area contributed by atoms with Crippen molar-refractivity contribution in [1.29, 1.82) is 0 Å². The van der Waals surface area contributed by atoms with E-state index < -0.39 is 62.9 Å². The number of aromatic nitrogens is 1. The summed E-state index contributed by atoms with van der Waals surface area (Å²) in [5.41, 5.74) is 0.405. The van der Waals surface area contributed by atoms with Gasteiger partial charge in [0.2, 0.25) is 17.7 Å². The highest BCUT2D eigenvalue weighted by molar-refractivity contribution is 8.00. The highest BCUT2D eigenvalue weighted by Gasteiger charge is 2.57. The standard InChI is InChI=1S/C31H24F3N5O6S2/c1-36(2)19-8-6-16(7-9-19)23-24-25(28(42)38(27(24)41)20-10-12-21(13-11-20)39(44)45)46-29-26(23)47-30(43)37(29)15-22(40)35-18-5-3-4-17(14-18)31(32,33)34/h3-14,23-25H,15H2,1-2H3,(H,35,40). The molecule has 2 aliphatic rings. The summed E-state index contributed by atoms with van der Waals surface area (Å²) in [5.74, 6) is -3.58. The third kappa shape index (κ3) is 5.89. The Morgan fingerprint density at radius 3 is 2.30 bits per heavy atom. The van der Waals surface area contributed by atoms with Gasteiger partial charge in [0.25, 0.3) is 5.69 Å². The number of nitrogens with one attached hydrogen (secondary N) is 1. The maximum Gasteiger partial charge on any atom is 0.416 e. The molecular formula is C31H24F3N5O6S2. The van der Waals surface area contributed by atoms with Gasteiger partial charge in [-0.1, -0.05) is 41.3 Å². The quantitative estimate of drug-likeness (QED) is 0.157. The van der Waals surface area contributed by atoms with Crippen LogP contribution in [0.15, 0.2) is 82.6 Å². The lowest BCUT2D eigenvalue weighted by Gasteiger charge is -2.31. The lowest BCUT2D eigenvalue weighted by atomic mass is 9.83. The summed E-state index contributed by atoms with van der Waals surface area (Å²) in [6.45, 7) is -0.550. The number of hydrogen-bond acceptors (Lipinski definition) is 9. The molecule has 242 valence electrons. The Hall–Kier alpha value is -4.96. The fourth-order valence-electron chi connectivity index (χ4n) is 5.69. The van der Waals surface area contributed by atoms with Gasteiger partial charge >= 0.3 is 11.0 Å². The number of alkyl halides is 3. The summed E-state index contributed by atoms with van der Waals surface area (Å²) >= 11 is 1.80. The Balaban J connectivity index is 1.38. The molecule has 3 heterocycles. The minimum Gasteiger partial charge on any atom is -0.378 e. The summed E-state index contributed by atoms with van der Waals surface area (Å²) in [6, 6.07) is 16.4. The van der Waals surface area contributed by atoms with E-state index in [2.05, 4.69) is 5.32 Å². The molecule has 0 spiro atoms. The van der Waals surface area contributed by atoms with E-state index in [1.807, 2.05) is 31.1 Å². The van der Waals surface area contributed by atoms with Gasteiger partial charge in [-0.3, -0.25) is 33.9 Å². The number of nitro benzene ring substituents is 1. The molecule has 0 aliphatic carbocycles. The SMILES string of the molecule is CN(C)c1ccc(C2c3sc(=O)n(CC(=O)Nc4cccc(C(F)(F)F)c4)c3SC3C(=O)N(c4ccc([N+](=O)[O-])cc4)C(=O)C32)cc1. The number of carbonyl (C=O) groups excluding carboxylic acids is 3. The van der Waals surface area contributed by atoms with Gasteiger partial charge in [-0.25, -0.2) is 4.90 Å². The molecule has 3 unspecified atom stereocenters. The molecule has 0 bridgehead atoms. The second kappa shape index (κ2) is 12.0. The van der Waals surface area contributed by atoms with Crippen molar-refractivity contribution in [1.82, 2.24) is 4.57 Å². The summed E-state index contributed by atoms with van der Waals surface area (Å²) in [7, 11) is 3.72. The highest BCUT2D eigenvalue weighted by Crippen LogP contribution is 2.54. The maximum atomic E-state index is 14.0. The van der Waals surface area contributed by atoms with E-state index in [-0.39, 0.29) is 17.1 Å². The first-order chi connectivity index (χ1) is 22.2. The Labute approximate surface area is 272 Å². The zero-order valence-electron chi connectivity index (χ0n) is 24.6. The number of imide groups is 1. The molecule has 0 saturated carbocycles. The van der Waals surface area contributed by atoms with E-state index >= 15 is 0 Å². The zero-order chi connectivity index (χ0) is 33.8. The van der Waals surface area contributed by atoms with E-state index in [0.717, 1.165) is 56.5 Å². The number of rotatable bonds is 7. The van der Waals surface area contributed by atoms with Gasteiger partial charge in [0.05, 0.1) is 27.1 Å². The van der Waals surface area contributed by atoms with Crippen molar-refractivity contribution in [3.05, 3.63) is 109 Å². The van der Waals surface area contributed by atoms with Crippen LogP contribution in [-0.2, 0) is 27.1 Å². The Bertz CT molecular complexity index is 1970. The summed E-state index contributed by atoms with van der Waals surface area (Å²) in [6.07, 6.45) is -4.62. The minimum atomic E-state index is -4.62. The molecule has 1 fully saturated rings. The van der Waals surface area contributed by atoms with E-state index in [4.69, 9.17) is 0 Å². The largest absolute Gasteiger partial charge is 0.416 e. The number of nitrogens with zero attached hydrogens (tertiary/aromatic N) is 4. The molecular weight excluding hydrogens is 659 g/mol. The van der Waals surface area contributed by atoms with Crippen molar-refractivity contribution in [2.75, 3.05) is 29.2 Å². The average Bonchev–Trinajstić information content (AvgIpc) is 3.46. The Morgan fingerprint density at radius 1 is 1.00 bits per heavy atom. The average molecular weight is 684 g/mol. The fraction of sp³-hybridized carbons (Fsp3) is 0.226. The van der Waals surface area contributed by atoms with Gasteiger partial charge in [-0.05, 0) is 48.0 Å². The van der Waals surface area contributed by atoms with Crippen LogP contribution in [-0.4, -0.2) is 46.6 Å². The lowest BCUT2D eigenvalue weighted by molar-refractivity contribution is -0.384. The molecule has 4 aromatic rings. The van der Waals surface area contributed by atoms with E-state index in [9.17, 15) is 42.5 Å². The smallest absolute Gasteiger partial charge is 0.378 e. The van der Waals surface area contributed by atoms with Crippen LogP contribution in [0.1, 0.15) is 21.9 Å². The van der Waals surface area contributed by atoms with Crippen molar-refractivity contribution in [3.8, 4) is 0 Å². The monoisotopic (exact) mass is 683 g/mol. The van der Waals surface area contributed by atoms with Crippen molar-refractivity contribution in [2.24, 2.45) is 5.92 Å². The molecule has 0 radical (unpaired) electrons. The van der Waals surface area contributed by atoms with Crippen LogP contribution < -0.4 is 20.0 Å². The second-order valence-electron chi connectivity index (χ2n) is 11.1. The zero-order valence-corrected chi connectivity index (χ0v) is 26.2. The van der Waals surface area contributed by atoms with Crippen molar-refractivity contribution in [3.63, 3.8) is 0 Å². The normalized spacial score (nSPS) is 18.9. The molecule has 16 heteroatoms. The van der Waals surface area contributed by atoms with Gasteiger partial charge in [-0.2, -0.15) is 13.2 Å². The van der Waals surface area contributed by atoms with Crippen LogP contribution in [0, 0.1) is 16.0 Å². The molecule has 2 aliphatic heterocycles. The number of nitro groups is 1. The number of hydrogen-bond donors (Lipinski definition) is 1. The predicted molar refractivity (Wildman–Crippen MR) is 170 cm³/mol. The minimum absolute atomic E-state index is 0.108. The lowest BCUT2D eigenvalue weighted by Crippen LogP contribution is -2.33. The summed E-state index contributed by atoms with van der Waals surface area (Å²) < 4.78 is 40.8. The molecule has 11 nitrogen and oxygen atoms in total. The van der Waals surface area contributed by atoms with Crippen LogP contribution >= 0.6 is 23.1 Å². The highest BCUT2D eigenvalue weighted by atomic mass is 32.2. The molecule has 1 aromatic heterocycles. The molecule has 47 heavy (non-hydrogen) atoms. The topological polar surface area (TPSA) is 135 Å². The molecule has 1 saturated heterocycles. The first-order valence-electron chi connectivity index (χ1n) is 14.0. The number of anilines is 3. The molecule has 1 N–H and O–H groups in total. The number of amides is 3. The Morgan fingerprint density at radius 2 is 1.68 bits per heavy atom.